The Bertz CT molecular complexity index is 3980. The molecule has 13 rings (SSSR count). The van der Waals surface area contributed by atoms with Gasteiger partial charge in [-0.25, -0.2) is 0 Å². The van der Waals surface area contributed by atoms with Gasteiger partial charge in [-0.1, -0.05) is 206 Å². The largest absolute Gasteiger partial charge is 0.456 e. The second-order valence-corrected chi connectivity index (χ2v) is 17.6. The normalized spacial score (nSPS) is 11.5. The molecule has 0 N–H and O–H groups in total. The molecule has 12 aromatic carbocycles. The third-order valence-corrected chi connectivity index (χ3v) is 13.7. The average molecular weight is 866 g/mol. The van der Waals surface area contributed by atoms with Gasteiger partial charge in [0.15, 0.2) is 0 Å². The highest BCUT2D eigenvalue weighted by molar-refractivity contribution is 6.22. The molecular formula is C66H43NO. The lowest BCUT2D eigenvalue weighted by Crippen LogP contribution is -2.10. The van der Waals surface area contributed by atoms with E-state index in [1.165, 1.54) is 76.8 Å². The number of hydrogen-bond donors (Lipinski definition) is 0. The van der Waals surface area contributed by atoms with Crippen molar-refractivity contribution in [3.8, 4) is 55.6 Å². The molecule has 0 amide bonds. The van der Waals surface area contributed by atoms with Gasteiger partial charge in [-0.05, 0) is 143 Å². The first-order chi connectivity index (χ1) is 33.7. The van der Waals surface area contributed by atoms with Crippen molar-refractivity contribution in [2.75, 3.05) is 4.90 Å². The molecule has 0 atom stereocenters. The van der Waals surface area contributed by atoms with Crippen LogP contribution in [0.1, 0.15) is 0 Å². The van der Waals surface area contributed by atoms with Crippen molar-refractivity contribution in [3.63, 3.8) is 0 Å². The maximum atomic E-state index is 6.44. The van der Waals surface area contributed by atoms with Crippen LogP contribution in [0.4, 0.5) is 17.1 Å². The summed E-state index contributed by atoms with van der Waals surface area (Å²) in [5.41, 5.74) is 16.9. The number of nitrogens with zero attached hydrogens (tertiary/aromatic N) is 1. The van der Waals surface area contributed by atoms with Gasteiger partial charge < -0.3 is 9.32 Å². The van der Waals surface area contributed by atoms with Crippen LogP contribution in [0.25, 0.3) is 110 Å². The fourth-order valence-corrected chi connectivity index (χ4v) is 10.4. The van der Waals surface area contributed by atoms with E-state index in [0.717, 1.165) is 50.1 Å². The van der Waals surface area contributed by atoms with E-state index in [0.29, 0.717) is 0 Å². The summed E-state index contributed by atoms with van der Waals surface area (Å²) < 4.78 is 6.44. The van der Waals surface area contributed by atoms with Crippen molar-refractivity contribution in [1.82, 2.24) is 0 Å². The fourth-order valence-electron chi connectivity index (χ4n) is 10.4. The Kier molecular flexibility index (Phi) is 9.54. The molecule has 0 radical (unpaired) electrons. The van der Waals surface area contributed by atoms with E-state index in [-0.39, 0.29) is 0 Å². The predicted octanol–water partition coefficient (Wildman–Crippen LogP) is 18.9. The number of fused-ring (bicyclic) bond motifs is 7. The van der Waals surface area contributed by atoms with Crippen molar-refractivity contribution in [3.05, 3.63) is 261 Å². The van der Waals surface area contributed by atoms with Gasteiger partial charge in [0.2, 0.25) is 0 Å². The lowest BCUT2D eigenvalue weighted by Gasteiger charge is -2.26. The Morgan fingerprint density at radius 1 is 0.250 bits per heavy atom. The van der Waals surface area contributed by atoms with Crippen LogP contribution >= 0.6 is 0 Å². The van der Waals surface area contributed by atoms with Crippen LogP contribution < -0.4 is 4.90 Å². The van der Waals surface area contributed by atoms with Crippen LogP contribution in [0, 0.1) is 0 Å². The van der Waals surface area contributed by atoms with Crippen LogP contribution in [0.5, 0.6) is 0 Å². The second kappa shape index (κ2) is 16.5. The minimum atomic E-state index is 0.862. The highest BCUT2D eigenvalue weighted by Gasteiger charge is 2.21. The van der Waals surface area contributed by atoms with Crippen LogP contribution in [0.15, 0.2) is 265 Å². The molecule has 0 aliphatic rings. The molecule has 0 aliphatic carbocycles. The molecule has 2 nitrogen and oxygen atoms in total. The van der Waals surface area contributed by atoms with Gasteiger partial charge in [0, 0.05) is 16.8 Å². The molecule has 0 saturated heterocycles. The summed E-state index contributed by atoms with van der Waals surface area (Å²) in [7, 11) is 0. The van der Waals surface area contributed by atoms with Gasteiger partial charge >= 0.3 is 0 Å². The minimum absolute atomic E-state index is 0.862. The summed E-state index contributed by atoms with van der Waals surface area (Å²) in [5.74, 6) is 0. The van der Waals surface area contributed by atoms with Crippen molar-refractivity contribution >= 4 is 71.3 Å². The molecule has 0 bridgehead atoms. The third-order valence-electron chi connectivity index (χ3n) is 13.7. The van der Waals surface area contributed by atoms with E-state index < -0.39 is 0 Å². The monoisotopic (exact) mass is 865 g/mol. The number of rotatable bonds is 8. The molecule has 1 aromatic heterocycles. The molecule has 0 spiro atoms. The zero-order chi connectivity index (χ0) is 45.0. The number of benzene rings is 12. The van der Waals surface area contributed by atoms with Crippen molar-refractivity contribution in [2.45, 2.75) is 0 Å². The lowest BCUT2D eigenvalue weighted by atomic mass is 9.84. The highest BCUT2D eigenvalue weighted by Crippen LogP contribution is 2.47. The smallest absolute Gasteiger partial charge is 0.137 e. The molecule has 1 heterocycles. The van der Waals surface area contributed by atoms with Crippen LogP contribution in [-0.4, -0.2) is 0 Å². The average Bonchev–Trinajstić information content (AvgIpc) is 3.81. The number of para-hydroxylation sites is 1. The van der Waals surface area contributed by atoms with Crippen molar-refractivity contribution < 1.29 is 4.42 Å². The van der Waals surface area contributed by atoms with Gasteiger partial charge in [-0.3, -0.25) is 0 Å². The Hall–Kier alpha value is -8.98. The van der Waals surface area contributed by atoms with Gasteiger partial charge in [-0.2, -0.15) is 0 Å². The third kappa shape index (κ3) is 6.82. The van der Waals surface area contributed by atoms with E-state index >= 15 is 0 Å². The first-order valence-electron chi connectivity index (χ1n) is 23.3. The highest BCUT2D eigenvalue weighted by atomic mass is 16.3. The lowest BCUT2D eigenvalue weighted by molar-refractivity contribution is 0.669. The van der Waals surface area contributed by atoms with E-state index in [2.05, 4.69) is 260 Å². The molecule has 0 fully saturated rings. The van der Waals surface area contributed by atoms with E-state index in [1.54, 1.807) is 0 Å². The summed E-state index contributed by atoms with van der Waals surface area (Å²) in [6.07, 6.45) is 0. The van der Waals surface area contributed by atoms with Gasteiger partial charge in [0.05, 0.1) is 11.1 Å². The van der Waals surface area contributed by atoms with Crippen molar-refractivity contribution in [2.24, 2.45) is 0 Å². The Labute approximate surface area is 395 Å². The predicted molar refractivity (Wildman–Crippen MR) is 288 cm³/mol. The van der Waals surface area contributed by atoms with E-state index in [9.17, 15) is 0 Å². The molecule has 13 aromatic rings. The number of anilines is 3. The molecule has 318 valence electrons. The summed E-state index contributed by atoms with van der Waals surface area (Å²) in [6, 6.07) is 94.4. The van der Waals surface area contributed by atoms with E-state index in [1.807, 2.05) is 6.07 Å². The zero-order valence-electron chi connectivity index (χ0n) is 37.2. The van der Waals surface area contributed by atoms with Crippen molar-refractivity contribution in [1.29, 1.82) is 0 Å². The Balaban J connectivity index is 0.913. The fraction of sp³-hybridized carbons (Fsp3) is 0. The molecule has 0 aliphatic heterocycles. The zero-order valence-corrected chi connectivity index (χ0v) is 37.2. The molecule has 0 unspecified atom stereocenters. The topological polar surface area (TPSA) is 16.4 Å². The van der Waals surface area contributed by atoms with Gasteiger partial charge in [-0.15, -0.1) is 0 Å². The number of hydrogen-bond acceptors (Lipinski definition) is 2. The first kappa shape index (κ1) is 39.4. The summed E-state index contributed by atoms with van der Waals surface area (Å²) >= 11 is 0. The second-order valence-electron chi connectivity index (χ2n) is 17.6. The standard InChI is InChI=1S/C66H43NO/c1-3-15-49(16-4-1)64-58-21-10-9-20-56(58)57-41-36-53(43-60(57)65(64)50-17-5-2-6-18-50)48-34-39-55(40-35-48)67(61-23-13-25-63-66(61)59-22-11-12-24-62(59)68-63)54-37-32-46(33-38-54)45-26-28-47(29-27-45)52-31-30-44-14-7-8-19-51(44)42-52/h1-43H. The van der Waals surface area contributed by atoms with E-state index in [4.69, 9.17) is 4.42 Å². The van der Waals surface area contributed by atoms with Crippen LogP contribution in [0.3, 0.4) is 0 Å². The van der Waals surface area contributed by atoms with Gasteiger partial charge in [0.1, 0.15) is 11.2 Å². The van der Waals surface area contributed by atoms with Gasteiger partial charge in [0.25, 0.3) is 0 Å². The maximum absolute atomic E-state index is 6.44. The maximum Gasteiger partial charge on any atom is 0.137 e. The van der Waals surface area contributed by atoms with Crippen LogP contribution in [0.2, 0.25) is 0 Å². The number of furan rings is 1. The Morgan fingerprint density at radius 3 is 1.37 bits per heavy atom. The minimum Gasteiger partial charge on any atom is -0.456 e. The Morgan fingerprint density at radius 2 is 0.706 bits per heavy atom. The summed E-state index contributed by atoms with van der Waals surface area (Å²) in [4.78, 5) is 2.37. The molecule has 68 heavy (non-hydrogen) atoms. The molecule has 0 saturated carbocycles. The SMILES string of the molecule is c1ccc(-c2c(-c3ccccc3)c3cc(-c4ccc(N(c5ccc(-c6ccc(-c7ccc8ccccc8c7)cc6)cc5)c5cccc6oc7ccccc7c56)cc4)ccc3c3ccccc23)cc1. The summed E-state index contributed by atoms with van der Waals surface area (Å²) in [6.45, 7) is 0. The summed E-state index contributed by atoms with van der Waals surface area (Å²) in [5, 5.41) is 9.68. The van der Waals surface area contributed by atoms with Crippen LogP contribution in [-0.2, 0) is 0 Å². The quantitative estimate of drug-likeness (QED) is 0.142. The molecular weight excluding hydrogens is 823 g/mol. The first-order valence-corrected chi connectivity index (χ1v) is 23.3. The molecule has 2 heteroatoms.